The van der Waals surface area contributed by atoms with E-state index in [0.717, 1.165) is 6.42 Å². The van der Waals surface area contributed by atoms with E-state index in [1.165, 1.54) is 11.0 Å². The number of nitrogens with two attached hydrogens (primary N) is 1. The number of fused-ring (bicyclic) bond motifs is 2. The van der Waals surface area contributed by atoms with E-state index in [4.69, 9.17) is 24.7 Å². The van der Waals surface area contributed by atoms with Gasteiger partial charge in [0.2, 0.25) is 11.8 Å². The third-order valence-corrected chi connectivity index (χ3v) is 6.01. The summed E-state index contributed by atoms with van der Waals surface area (Å²) in [5.41, 5.74) is 4.30. The molecule has 198 valence electrons. The van der Waals surface area contributed by atoms with Gasteiger partial charge in [-0.25, -0.2) is 9.59 Å². The minimum Gasteiger partial charge on any atom is -0.466 e. The number of nitrogens with zero attached hydrogens (tertiary/aromatic N) is 1. The number of amides is 1. The zero-order valence-corrected chi connectivity index (χ0v) is 21.3. The van der Waals surface area contributed by atoms with Crippen LogP contribution in [0.4, 0.5) is 5.69 Å². The molecule has 2 aliphatic heterocycles. The van der Waals surface area contributed by atoms with E-state index < -0.39 is 41.5 Å². The van der Waals surface area contributed by atoms with Crippen LogP contribution in [-0.4, -0.2) is 50.2 Å². The van der Waals surface area contributed by atoms with E-state index >= 15 is 0 Å². The minimum absolute atomic E-state index is 0.0349. The van der Waals surface area contributed by atoms with Gasteiger partial charge in [-0.05, 0) is 26.3 Å². The molecule has 2 N–H and O–H groups in total. The molecule has 0 bridgehead atoms. The van der Waals surface area contributed by atoms with Crippen molar-refractivity contribution in [2.75, 3.05) is 31.3 Å². The molecular weight excluding hydrogens is 480 g/mol. The highest BCUT2D eigenvalue weighted by Gasteiger charge is 2.64. The Hall–Kier alpha value is -4.08. The molecule has 1 aromatic rings. The number of para-hydroxylation sites is 1. The summed E-state index contributed by atoms with van der Waals surface area (Å²) in [5, 5.41) is 0. The van der Waals surface area contributed by atoms with Gasteiger partial charge in [-0.3, -0.25) is 9.59 Å². The van der Waals surface area contributed by atoms with E-state index in [-0.39, 0.29) is 43.3 Å². The second kappa shape index (κ2) is 11.8. The molecule has 2 heterocycles. The van der Waals surface area contributed by atoms with Gasteiger partial charge in [-0.15, -0.1) is 6.58 Å². The SMILES string of the molecule is C=CCN1C(=O)C2(C(C(=O)OCCCC)=C(N)OC(CC(=O)OCC)=C2C(=O)OCC)c2ccccc21. The number of benzene rings is 1. The monoisotopic (exact) mass is 512 g/mol. The van der Waals surface area contributed by atoms with E-state index in [9.17, 15) is 19.2 Å². The molecule has 1 atom stereocenters. The first-order chi connectivity index (χ1) is 17.8. The third kappa shape index (κ3) is 4.83. The molecular formula is C27H32N2O8. The van der Waals surface area contributed by atoms with Crippen molar-refractivity contribution in [3.63, 3.8) is 0 Å². The largest absolute Gasteiger partial charge is 0.466 e. The summed E-state index contributed by atoms with van der Waals surface area (Å²) in [6.45, 7) is 9.09. The van der Waals surface area contributed by atoms with Crippen LogP contribution in [0, 0.1) is 0 Å². The van der Waals surface area contributed by atoms with Crippen LogP contribution < -0.4 is 10.6 Å². The van der Waals surface area contributed by atoms with Crippen LogP contribution in [0.5, 0.6) is 0 Å². The molecule has 3 rings (SSSR count). The number of unbranched alkanes of at least 4 members (excludes halogenated alkanes) is 1. The van der Waals surface area contributed by atoms with Crippen LogP contribution >= 0.6 is 0 Å². The second-order valence-electron chi connectivity index (χ2n) is 8.30. The van der Waals surface area contributed by atoms with E-state index in [2.05, 4.69) is 6.58 Å². The van der Waals surface area contributed by atoms with Crippen molar-refractivity contribution in [3.8, 4) is 0 Å². The number of hydrogen-bond donors (Lipinski definition) is 1. The van der Waals surface area contributed by atoms with Crippen LogP contribution in [0.2, 0.25) is 0 Å². The van der Waals surface area contributed by atoms with Crippen molar-refractivity contribution in [2.45, 2.75) is 45.4 Å². The normalized spacial score (nSPS) is 18.5. The average molecular weight is 513 g/mol. The molecule has 0 saturated carbocycles. The summed E-state index contributed by atoms with van der Waals surface area (Å²) < 4.78 is 21.6. The molecule has 0 saturated heterocycles. The van der Waals surface area contributed by atoms with Crippen LogP contribution in [0.3, 0.4) is 0 Å². The first-order valence-corrected chi connectivity index (χ1v) is 12.2. The Morgan fingerprint density at radius 3 is 2.38 bits per heavy atom. The van der Waals surface area contributed by atoms with Crippen molar-refractivity contribution in [1.82, 2.24) is 0 Å². The topological polar surface area (TPSA) is 134 Å². The Bertz CT molecular complexity index is 1170. The summed E-state index contributed by atoms with van der Waals surface area (Å²) in [4.78, 5) is 55.3. The quantitative estimate of drug-likeness (QED) is 0.205. The van der Waals surface area contributed by atoms with Gasteiger partial charge in [-0.1, -0.05) is 37.6 Å². The number of rotatable bonds is 11. The van der Waals surface area contributed by atoms with Crippen molar-refractivity contribution in [2.24, 2.45) is 5.73 Å². The Balaban J connectivity index is 2.38. The zero-order chi connectivity index (χ0) is 27.2. The standard InChI is InChI=1S/C27H32N2O8/c1-5-9-15-36-25(32)22-23(28)37-19(16-20(30)34-7-3)21(24(31)35-8-4)27(22)17-12-10-11-13-18(17)29(14-6-2)26(27)33/h6,10-13H,2,5,7-9,14-16,28H2,1,3-4H3. The fraction of sp³-hybridized carbons (Fsp3) is 0.407. The smallest absolute Gasteiger partial charge is 0.341 e. The highest BCUT2D eigenvalue weighted by Crippen LogP contribution is 2.55. The molecule has 10 heteroatoms. The van der Waals surface area contributed by atoms with Crippen LogP contribution in [0.1, 0.15) is 45.6 Å². The summed E-state index contributed by atoms with van der Waals surface area (Å²) in [6.07, 6.45) is 2.34. The van der Waals surface area contributed by atoms with Crippen LogP contribution in [0.15, 0.2) is 59.7 Å². The lowest BCUT2D eigenvalue weighted by Gasteiger charge is -2.36. The molecule has 0 radical (unpaired) electrons. The zero-order valence-electron chi connectivity index (χ0n) is 21.3. The molecule has 37 heavy (non-hydrogen) atoms. The highest BCUT2D eigenvalue weighted by atomic mass is 16.6. The van der Waals surface area contributed by atoms with Crippen LogP contribution in [-0.2, 0) is 43.5 Å². The minimum atomic E-state index is -2.07. The lowest BCUT2D eigenvalue weighted by Crippen LogP contribution is -2.51. The Morgan fingerprint density at radius 1 is 1.05 bits per heavy atom. The first-order valence-electron chi connectivity index (χ1n) is 12.2. The van der Waals surface area contributed by atoms with Gasteiger partial charge >= 0.3 is 17.9 Å². The van der Waals surface area contributed by atoms with Gasteiger partial charge in [0.25, 0.3) is 0 Å². The number of esters is 3. The molecule has 10 nitrogen and oxygen atoms in total. The number of carbonyl (C=O) groups is 4. The maximum atomic E-state index is 14.4. The Labute approximate surface area is 215 Å². The lowest BCUT2D eigenvalue weighted by atomic mass is 9.67. The number of anilines is 1. The fourth-order valence-electron chi connectivity index (χ4n) is 4.57. The predicted molar refractivity (Wildman–Crippen MR) is 134 cm³/mol. The van der Waals surface area contributed by atoms with Crippen molar-refractivity contribution in [1.29, 1.82) is 0 Å². The molecule has 1 aromatic carbocycles. The van der Waals surface area contributed by atoms with E-state index in [0.29, 0.717) is 17.7 Å². The number of hydrogen-bond acceptors (Lipinski definition) is 9. The summed E-state index contributed by atoms with van der Waals surface area (Å²) in [7, 11) is 0. The second-order valence-corrected chi connectivity index (χ2v) is 8.30. The summed E-state index contributed by atoms with van der Waals surface area (Å²) in [5.74, 6) is -3.88. The fourth-order valence-corrected chi connectivity index (χ4v) is 4.57. The Morgan fingerprint density at radius 2 is 1.73 bits per heavy atom. The number of ether oxygens (including phenoxy) is 4. The number of carbonyl (C=O) groups excluding carboxylic acids is 4. The molecule has 2 aliphatic rings. The highest BCUT2D eigenvalue weighted by molar-refractivity contribution is 6.22. The van der Waals surface area contributed by atoms with Crippen molar-refractivity contribution < 1.29 is 38.1 Å². The molecule has 1 unspecified atom stereocenters. The van der Waals surface area contributed by atoms with Gasteiger partial charge < -0.3 is 29.6 Å². The maximum absolute atomic E-state index is 14.4. The van der Waals surface area contributed by atoms with Crippen molar-refractivity contribution in [3.05, 3.63) is 65.3 Å². The molecule has 1 spiro atoms. The first kappa shape index (κ1) is 27.5. The Kier molecular flexibility index (Phi) is 8.75. The average Bonchev–Trinajstić information content (AvgIpc) is 3.08. The van der Waals surface area contributed by atoms with E-state index in [1.54, 1.807) is 38.1 Å². The molecule has 0 aromatic heterocycles. The lowest BCUT2D eigenvalue weighted by molar-refractivity contribution is -0.144. The molecule has 1 amide bonds. The van der Waals surface area contributed by atoms with Gasteiger partial charge in [-0.2, -0.15) is 0 Å². The van der Waals surface area contributed by atoms with Gasteiger partial charge in [0.1, 0.15) is 28.7 Å². The molecule has 0 aliphatic carbocycles. The van der Waals surface area contributed by atoms with Crippen molar-refractivity contribution >= 4 is 29.5 Å². The van der Waals surface area contributed by atoms with Crippen LogP contribution in [0.25, 0.3) is 0 Å². The van der Waals surface area contributed by atoms with E-state index in [1.807, 2.05) is 6.92 Å². The van der Waals surface area contributed by atoms with Gasteiger partial charge in [0.15, 0.2) is 0 Å². The maximum Gasteiger partial charge on any atom is 0.341 e. The third-order valence-electron chi connectivity index (χ3n) is 6.01. The molecule has 0 fully saturated rings. The summed E-state index contributed by atoms with van der Waals surface area (Å²) in [6, 6.07) is 6.70. The summed E-state index contributed by atoms with van der Waals surface area (Å²) >= 11 is 0. The van der Waals surface area contributed by atoms with Gasteiger partial charge in [0, 0.05) is 17.8 Å². The predicted octanol–water partition coefficient (Wildman–Crippen LogP) is 2.77. The van der Waals surface area contributed by atoms with Gasteiger partial charge in [0.05, 0.1) is 19.8 Å².